The van der Waals surface area contributed by atoms with Crippen molar-refractivity contribution >= 4 is 55.2 Å². The number of rotatable bonds is 6. The summed E-state index contributed by atoms with van der Waals surface area (Å²) < 4.78 is 17.7. The van der Waals surface area contributed by atoms with Gasteiger partial charge in [-0.05, 0) is 48.4 Å². The van der Waals surface area contributed by atoms with Crippen LogP contribution in [0.25, 0.3) is 11.0 Å². The van der Waals surface area contributed by atoms with Crippen molar-refractivity contribution in [1.29, 1.82) is 0 Å². The molecule has 0 spiro atoms. The van der Waals surface area contributed by atoms with Crippen LogP contribution in [0, 0.1) is 6.92 Å². The fourth-order valence-electron chi connectivity index (χ4n) is 4.74. The van der Waals surface area contributed by atoms with Crippen LogP contribution in [0.3, 0.4) is 0 Å². The minimum Gasteiger partial charge on any atom is -0.489 e. The zero-order chi connectivity index (χ0) is 28.0. The summed E-state index contributed by atoms with van der Waals surface area (Å²) in [6.07, 6.45) is 0. The molecule has 3 heterocycles. The van der Waals surface area contributed by atoms with Gasteiger partial charge in [0, 0.05) is 4.47 Å². The van der Waals surface area contributed by atoms with Gasteiger partial charge < -0.3 is 13.9 Å². The summed E-state index contributed by atoms with van der Waals surface area (Å²) >= 11 is 4.44. The van der Waals surface area contributed by atoms with Gasteiger partial charge in [0.15, 0.2) is 10.6 Å². The highest BCUT2D eigenvalue weighted by molar-refractivity contribution is 9.10. The Morgan fingerprint density at radius 3 is 2.65 bits per heavy atom. The smallest absolute Gasteiger partial charge is 0.350 e. The largest absolute Gasteiger partial charge is 0.489 e. The molecule has 0 bridgehead atoms. The van der Waals surface area contributed by atoms with Gasteiger partial charge in [0.05, 0.1) is 29.8 Å². The number of anilines is 1. The van der Waals surface area contributed by atoms with Crippen LogP contribution >= 0.6 is 27.3 Å². The average molecular weight is 617 g/mol. The van der Waals surface area contributed by atoms with Gasteiger partial charge in [0.1, 0.15) is 22.8 Å². The van der Waals surface area contributed by atoms with Crippen LogP contribution < -0.4 is 15.1 Å². The monoisotopic (exact) mass is 616 g/mol. The molecule has 1 aliphatic rings. The molecule has 1 amide bonds. The summed E-state index contributed by atoms with van der Waals surface area (Å²) in [6, 6.07) is 21.2. The third kappa shape index (κ3) is 4.48. The number of hydrogen-bond donors (Lipinski definition) is 0. The summed E-state index contributed by atoms with van der Waals surface area (Å²) in [7, 11) is 1.29. The minimum absolute atomic E-state index is 0.0621. The Bertz CT molecular complexity index is 1850. The third-order valence-corrected chi connectivity index (χ3v) is 8.25. The number of esters is 1. The maximum Gasteiger partial charge on any atom is 0.350 e. The van der Waals surface area contributed by atoms with Gasteiger partial charge in [-0.25, -0.2) is 9.78 Å². The quantitative estimate of drug-likeness (QED) is 0.202. The first kappa shape index (κ1) is 26.0. The van der Waals surface area contributed by atoms with Crippen LogP contribution in [-0.4, -0.2) is 24.0 Å². The predicted octanol–water partition coefficient (Wildman–Crippen LogP) is 6.44. The number of nitrogens with zero attached hydrogens (tertiary/aromatic N) is 2. The number of thiazole rings is 1. The molecule has 2 aromatic heterocycles. The van der Waals surface area contributed by atoms with Crippen molar-refractivity contribution in [2.24, 2.45) is 0 Å². The first-order chi connectivity index (χ1) is 19.4. The molecule has 8 nitrogen and oxygen atoms in total. The molecular formula is C30H21BrN2O6S. The fourth-order valence-corrected chi connectivity index (χ4v) is 6.11. The van der Waals surface area contributed by atoms with Gasteiger partial charge in [0.25, 0.3) is 5.91 Å². The summed E-state index contributed by atoms with van der Waals surface area (Å²) in [6.45, 7) is 2.02. The molecule has 5 aromatic rings. The van der Waals surface area contributed by atoms with E-state index in [0.717, 1.165) is 16.9 Å². The van der Waals surface area contributed by atoms with Crippen LogP contribution in [0.2, 0.25) is 0 Å². The molecule has 0 aliphatic carbocycles. The molecule has 0 fully saturated rings. The van der Waals surface area contributed by atoms with Crippen molar-refractivity contribution in [2.45, 2.75) is 19.6 Å². The molecule has 0 saturated heterocycles. The van der Waals surface area contributed by atoms with E-state index in [1.54, 1.807) is 31.2 Å². The number of benzene rings is 3. The van der Waals surface area contributed by atoms with E-state index in [2.05, 4.69) is 20.9 Å². The van der Waals surface area contributed by atoms with E-state index >= 15 is 0 Å². The summed E-state index contributed by atoms with van der Waals surface area (Å²) in [4.78, 5) is 46.4. The van der Waals surface area contributed by atoms with Gasteiger partial charge >= 0.3 is 5.97 Å². The predicted molar refractivity (Wildman–Crippen MR) is 154 cm³/mol. The Balaban J connectivity index is 1.50. The first-order valence-electron chi connectivity index (χ1n) is 12.3. The number of carbonyl (C=O) groups is 2. The molecule has 1 aliphatic heterocycles. The Morgan fingerprint density at radius 2 is 1.88 bits per heavy atom. The second-order valence-corrected chi connectivity index (χ2v) is 11.0. The number of amides is 1. The van der Waals surface area contributed by atoms with E-state index in [0.29, 0.717) is 39.1 Å². The van der Waals surface area contributed by atoms with Crippen LogP contribution in [-0.2, 0) is 11.3 Å². The van der Waals surface area contributed by atoms with Crippen LogP contribution in [0.15, 0.2) is 86.5 Å². The molecule has 200 valence electrons. The number of fused-ring (bicyclic) bond motifs is 2. The van der Waals surface area contributed by atoms with Crippen LogP contribution in [0.1, 0.15) is 48.7 Å². The number of carbonyl (C=O) groups excluding carboxylic acids is 2. The van der Waals surface area contributed by atoms with E-state index in [1.807, 2.05) is 48.5 Å². The van der Waals surface area contributed by atoms with Gasteiger partial charge in [0.2, 0.25) is 5.76 Å². The van der Waals surface area contributed by atoms with Crippen molar-refractivity contribution < 1.29 is 23.5 Å². The van der Waals surface area contributed by atoms with Gasteiger partial charge in [-0.15, -0.1) is 0 Å². The van der Waals surface area contributed by atoms with Crippen molar-refractivity contribution in [3.63, 3.8) is 0 Å². The zero-order valence-corrected chi connectivity index (χ0v) is 23.7. The van der Waals surface area contributed by atoms with E-state index in [-0.39, 0.29) is 26.8 Å². The lowest BCUT2D eigenvalue weighted by Gasteiger charge is -2.23. The minimum atomic E-state index is -0.863. The molecule has 10 heteroatoms. The highest BCUT2D eigenvalue weighted by Gasteiger charge is 2.45. The second-order valence-electron chi connectivity index (χ2n) is 9.14. The molecule has 0 saturated carbocycles. The van der Waals surface area contributed by atoms with Crippen molar-refractivity contribution in [2.75, 3.05) is 12.0 Å². The molecule has 0 N–H and O–H groups in total. The fraction of sp³-hybridized carbons (Fsp3) is 0.133. The van der Waals surface area contributed by atoms with Crippen molar-refractivity contribution in [3.8, 4) is 5.75 Å². The average Bonchev–Trinajstić information content (AvgIpc) is 3.49. The van der Waals surface area contributed by atoms with E-state index in [1.165, 1.54) is 12.0 Å². The van der Waals surface area contributed by atoms with Crippen LogP contribution in [0.5, 0.6) is 5.75 Å². The van der Waals surface area contributed by atoms with Gasteiger partial charge in [-0.2, -0.15) is 0 Å². The standard InChI is InChI=1S/C30H21BrN2O6S/c1-16-27(29(36)37-2)40-30(32-16)33-24(18-9-6-10-20(13-18)38-15-17-7-4-3-5-8-17)23-25(34)21-14-19(31)11-12-22(21)39-26(23)28(33)35/h3-14,24H,15H2,1-2H3. The number of methoxy groups -OCH3 is 1. The molecule has 6 rings (SSSR count). The highest BCUT2D eigenvalue weighted by Crippen LogP contribution is 2.44. The summed E-state index contributed by atoms with van der Waals surface area (Å²) in [5.41, 5.74) is 2.22. The number of halogens is 1. The number of ether oxygens (including phenoxy) is 2. The Morgan fingerprint density at radius 1 is 1.07 bits per heavy atom. The lowest BCUT2D eigenvalue weighted by Crippen LogP contribution is -2.29. The SMILES string of the molecule is COC(=O)c1sc(N2C(=O)c3oc4ccc(Br)cc4c(=O)c3C2c2cccc(OCc3ccccc3)c2)nc1C. The van der Waals surface area contributed by atoms with Crippen molar-refractivity contribution in [3.05, 3.63) is 121 Å². The molecule has 1 unspecified atom stereocenters. The van der Waals surface area contributed by atoms with E-state index in [4.69, 9.17) is 13.9 Å². The maximum atomic E-state index is 13.9. The Labute approximate surface area is 240 Å². The molecular weight excluding hydrogens is 596 g/mol. The van der Waals surface area contributed by atoms with E-state index < -0.39 is 17.9 Å². The van der Waals surface area contributed by atoms with E-state index in [9.17, 15) is 14.4 Å². The number of aromatic nitrogens is 1. The summed E-state index contributed by atoms with van der Waals surface area (Å²) in [5.74, 6) is -0.570. The zero-order valence-electron chi connectivity index (χ0n) is 21.3. The van der Waals surface area contributed by atoms with Gasteiger partial charge in [-0.1, -0.05) is 69.7 Å². The van der Waals surface area contributed by atoms with Crippen LogP contribution in [0.4, 0.5) is 5.13 Å². The maximum absolute atomic E-state index is 13.9. The number of hydrogen-bond acceptors (Lipinski definition) is 8. The Kier molecular flexibility index (Phi) is 6.73. The van der Waals surface area contributed by atoms with Crippen molar-refractivity contribution in [1.82, 2.24) is 4.98 Å². The van der Waals surface area contributed by atoms with Gasteiger partial charge in [-0.3, -0.25) is 14.5 Å². The molecule has 40 heavy (non-hydrogen) atoms. The number of aryl methyl sites for hydroxylation is 1. The lowest BCUT2D eigenvalue weighted by molar-refractivity contribution is 0.0605. The Hall–Kier alpha value is -4.28. The summed E-state index contributed by atoms with van der Waals surface area (Å²) in [5, 5.41) is 0.592. The molecule has 3 aromatic carbocycles. The highest BCUT2D eigenvalue weighted by atomic mass is 79.9. The molecule has 1 atom stereocenters. The topological polar surface area (TPSA) is 98.9 Å². The second kappa shape index (κ2) is 10.4. The first-order valence-corrected chi connectivity index (χ1v) is 13.9. The molecule has 0 radical (unpaired) electrons. The third-order valence-electron chi connectivity index (χ3n) is 6.62. The normalized spacial score (nSPS) is 14.4. The lowest BCUT2D eigenvalue weighted by atomic mass is 9.98.